The minimum atomic E-state index is -0.609. The first-order valence-corrected chi connectivity index (χ1v) is 6.95. The molecule has 3 aromatic rings. The number of pyridine rings is 1. The Labute approximate surface area is 135 Å². The summed E-state index contributed by atoms with van der Waals surface area (Å²) in [5.41, 5.74) is 6.92. The van der Waals surface area contributed by atoms with Crippen molar-refractivity contribution in [2.24, 2.45) is 5.73 Å². The first-order chi connectivity index (χ1) is 11.0. The number of imidazole rings is 1. The third-order valence-corrected chi connectivity index (χ3v) is 3.54. The van der Waals surface area contributed by atoms with Gasteiger partial charge in [0.05, 0.1) is 22.8 Å². The number of halogens is 2. The predicted molar refractivity (Wildman–Crippen MR) is 84.3 cm³/mol. The second-order valence-corrected chi connectivity index (χ2v) is 5.11. The highest BCUT2D eigenvalue weighted by Gasteiger charge is 2.18. The number of hydroxylamine groups is 1. The zero-order valence-electron chi connectivity index (χ0n) is 11.7. The van der Waals surface area contributed by atoms with Gasteiger partial charge in [-0.05, 0) is 24.3 Å². The third kappa shape index (κ3) is 2.74. The number of rotatable bonds is 3. The topological polar surface area (TPSA) is 115 Å². The van der Waals surface area contributed by atoms with Gasteiger partial charge >= 0.3 is 0 Å². The van der Waals surface area contributed by atoms with E-state index in [9.17, 15) is 9.60 Å². The quantitative estimate of drug-likeness (QED) is 0.333. The largest absolute Gasteiger partial charge is 0.339 e. The molecule has 7 nitrogen and oxygen atoms in total. The number of amidine groups is 1. The van der Waals surface area contributed by atoms with Crippen LogP contribution in [0, 0.1) is 11.2 Å². The molecule has 0 aliphatic rings. The molecule has 0 saturated heterocycles. The minimum Gasteiger partial charge on any atom is -0.339 e. The lowest BCUT2D eigenvalue weighted by Crippen LogP contribution is -2.27. The summed E-state index contributed by atoms with van der Waals surface area (Å²) in [6.45, 7) is 0.194. The summed E-state index contributed by atoms with van der Waals surface area (Å²) in [5, 5.41) is 18.9. The Morgan fingerprint density at radius 3 is 2.91 bits per heavy atom. The molecular formula is C14H12ClFN6O. The van der Waals surface area contributed by atoms with Gasteiger partial charge in [-0.1, -0.05) is 11.6 Å². The summed E-state index contributed by atoms with van der Waals surface area (Å²) in [5.74, 6) is -0.336. The van der Waals surface area contributed by atoms with Gasteiger partial charge in [0.1, 0.15) is 11.6 Å². The van der Waals surface area contributed by atoms with Gasteiger partial charge < -0.3 is 10.7 Å². The van der Waals surface area contributed by atoms with Crippen molar-refractivity contribution in [3.63, 3.8) is 0 Å². The second kappa shape index (κ2) is 5.92. The van der Waals surface area contributed by atoms with E-state index in [0.717, 1.165) is 6.07 Å². The van der Waals surface area contributed by atoms with Crippen LogP contribution in [0.4, 0.5) is 10.1 Å². The lowest BCUT2D eigenvalue weighted by Gasteiger charge is -2.18. The molecule has 1 aromatic carbocycles. The molecule has 0 atom stereocenters. The van der Waals surface area contributed by atoms with Crippen molar-refractivity contribution in [1.82, 2.24) is 15.0 Å². The van der Waals surface area contributed by atoms with Crippen LogP contribution in [0.15, 0.2) is 30.5 Å². The number of H-pyrrole nitrogens is 1. The molecule has 0 bridgehead atoms. The number of hydrogen-bond donors (Lipinski definition) is 4. The highest BCUT2D eigenvalue weighted by molar-refractivity contribution is 6.31. The first kappa shape index (κ1) is 15.3. The van der Waals surface area contributed by atoms with E-state index in [0.29, 0.717) is 27.6 Å². The maximum absolute atomic E-state index is 13.2. The fourth-order valence-corrected chi connectivity index (χ4v) is 2.29. The van der Waals surface area contributed by atoms with Crippen LogP contribution in [0.2, 0.25) is 5.02 Å². The van der Waals surface area contributed by atoms with Crippen LogP contribution in [0.25, 0.3) is 11.2 Å². The maximum Gasteiger partial charge on any atom is 0.178 e. The molecule has 118 valence electrons. The summed E-state index contributed by atoms with van der Waals surface area (Å²) in [6, 6.07) is 5.20. The van der Waals surface area contributed by atoms with E-state index >= 15 is 0 Å². The monoisotopic (exact) mass is 334 g/mol. The lowest BCUT2D eigenvalue weighted by atomic mass is 10.2. The number of anilines is 1. The third-order valence-electron chi connectivity index (χ3n) is 3.25. The van der Waals surface area contributed by atoms with Crippen LogP contribution in [0.5, 0.6) is 0 Å². The molecule has 0 fully saturated rings. The molecular weight excluding hydrogens is 323 g/mol. The van der Waals surface area contributed by atoms with Crippen LogP contribution >= 0.6 is 11.6 Å². The Kier molecular flexibility index (Phi) is 3.95. The van der Waals surface area contributed by atoms with Gasteiger partial charge in [0.25, 0.3) is 0 Å². The van der Waals surface area contributed by atoms with E-state index < -0.39 is 5.82 Å². The average Bonchev–Trinajstić information content (AvgIpc) is 2.99. The van der Waals surface area contributed by atoms with E-state index in [1.54, 1.807) is 6.07 Å². The minimum absolute atomic E-state index is 0.152. The van der Waals surface area contributed by atoms with Crippen LogP contribution in [0.1, 0.15) is 11.4 Å². The van der Waals surface area contributed by atoms with Gasteiger partial charge in [0, 0.05) is 11.8 Å². The zero-order chi connectivity index (χ0) is 16.6. The molecule has 0 aliphatic carbocycles. The molecule has 0 spiro atoms. The summed E-state index contributed by atoms with van der Waals surface area (Å²) in [6.07, 6.45) is 1.47. The maximum atomic E-state index is 13.2. The van der Waals surface area contributed by atoms with E-state index in [1.165, 1.54) is 18.3 Å². The van der Waals surface area contributed by atoms with Crippen LogP contribution in [-0.2, 0) is 6.54 Å². The van der Waals surface area contributed by atoms with Crippen molar-refractivity contribution >= 4 is 34.3 Å². The Bertz CT molecular complexity index is 896. The van der Waals surface area contributed by atoms with Gasteiger partial charge in [0.15, 0.2) is 11.5 Å². The van der Waals surface area contributed by atoms with Crippen molar-refractivity contribution in [3.05, 3.63) is 52.7 Å². The molecule has 2 aromatic heterocycles. The number of fused-ring (bicyclic) bond motifs is 1. The molecule has 9 heteroatoms. The van der Waals surface area contributed by atoms with Crippen LogP contribution < -0.4 is 10.8 Å². The molecule has 0 saturated carbocycles. The van der Waals surface area contributed by atoms with Crippen molar-refractivity contribution in [2.45, 2.75) is 6.54 Å². The molecule has 0 aliphatic heterocycles. The van der Waals surface area contributed by atoms with Gasteiger partial charge in [-0.2, -0.15) is 0 Å². The number of hydrogen-bond acceptors (Lipinski definition) is 5. The first-order valence-electron chi connectivity index (χ1n) is 6.58. The molecule has 23 heavy (non-hydrogen) atoms. The Balaban J connectivity index is 2.02. The van der Waals surface area contributed by atoms with Crippen LogP contribution in [0.3, 0.4) is 0 Å². The smallest absolute Gasteiger partial charge is 0.178 e. The number of aromatic amines is 1. The van der Waals surface area contributed by atoms with Crippen molar-refractivity contribution in [2.75, 3.05) is 5.06 Å². The fourth-order valence-electron chi connectivity index (χ4n) is 2.11. The van der Waals surface area contributed by atoms with Crippen molar-refractivity contribution in [1.29, 1.82) is 5.41 Å². The standard InChI is InChI=1S/C14H12ClFN6O/c15-9-5-7(1-2-10(9)16)22(23)13(18)8-3-4-19-14-12(8)20-11(6-17)21-14/h1-5,18,23H,6,17H2,(H,19,20,21). The Morgan fingerprint density at radius 2 is 2.22 bits per heavy atom. The van der Waals surface area contributed by atoms with E-state index in [-0.39, 0.29) is 23.1 Å². The van der Waals surface area contributed by atoms with Gasteiger partial charge in [0.2, 0.25) is 0 Å². The average molecular weight is 335 g/mol. The number of aromatic nitrogens is 3. The Hall–Kier alpha value is -2.55. The van der Waals surface area contributed by atoms with E-state index in [1.807, 2.05) is 0 Å². The normalized spacial score (nSPS) is 11.0. The predicted octanol–water partition coefficient (Wildman–Crippen LogP) is 2.43. The van der Waals surface area contributed by atoms with E-state index in [2.05, 4.69) is 15.0 Å². The summed E-state index contributed by atoms with van der Waals surface area (Å²) >= 11 is 5.70. The summed E-state index contributed by atoms with van der Waals surface area (Å²) < 4.78 is 13.2. The lowest BCUT2D eigenvalue weighted by molar-refractivity contribution is 0.312. The van der Waals surface area contributed by atoms with Gasteiger partial charge in [-0.3, -0.25) is 10.6 Å². The van der Waals surface area contributed by atoms with Crippen LogP contribution in [-0.4, -0.2) is 26.0 Å². The molecule has 0 unspecified atom stereocenters. The molecule has 2 heterocycles. The zero-order valence-corrected chi connectivity index (χ0v) is 12.5. The fraction of sp³-hybridized carbons (Fsp3) is 0.0714. The number of nitrogens with one attached hydrogen (secondary N) is 2. The van der Waals surface area contributed by atoms with Gasteiger partial charge in [-0.25, -0.2) is 19.4 Å². The van der Waals surface area contributed by atoms with Crippen molar-refractivity contribution in [3.8, 4) is 0 Å². The second-order valence-electron chi connectivity index (χ2n) is 4.70. The molecule has 0 radical (unpaired) electrons. The van der Waals surface area contributed by atoms with Gasteiger partial charge in [-0.15, -0.1) is 0 Å². The number of benzene rings is 1. The highest BCUT2D eigenvalue weighted by atomic mass is 35.5. The molecule has 3 rings (SSSR count). The summed E-state index contributed by atoms with van der Waals surface area (Å²) in [7, 11) is 0. The van der Waals surface area contributed by atoms with E-state index in [4.69, 9.17) is 22.7 Å². The Morgan fingerprint density at radius 1 is 1.43 bits per heavy atom. The molecule has 0 amide bonds. The number of nitrogens with two attached hydrogens (primary N) is 1. The molecule has 5 N–H and O–H groups in total. The highest BCUT2D eigenvalue weighted by Crippen LogP contribution is 2.24. The SMILES string of the molecule is N=C(c1ccnc2nc(CN)[nH]c12)N(O)c1ccc(F)c(Cl)c1. The van der Waals surface area contributed by atoms with Crippen molar-refractivity contribution < 1.29 is 9.60 Å². The summed E-state index contributed by atoms with van der Waals surface area (Å²) in [4.78, 5) is 11.2. The number of nitrogens with zero attached hydrogens (tertiary/aromatic N) is 3.